The van der Waals surface area contributed by atoms with Crippen molar-refractivity contribution in [2.75, 3.05) is 18.5 Å². The molecule has 2 heterocycles. The molecule has 2 N–H and O–H groups in total. The molecule has 0 fully saturated rings. The smallest absolute Gasteiger partial charge is 0.252 e. The first-order chi connectivity index (χ1) is 13.1. The van der Waals surface area contributed by atoms with Crippen molar-refractivity contribution in [2.24, 2.45) is 0 Å². The normalized spacial score (nSPS) is 11.3. The number of hydrogen-bond donors (Lipinski definition) is 2. The summed E-state index contributed by atoms with van der Waals surface area (Å²) in [5, 5.41) is 13.5. The summed E-state index contributed by atoms with van der Waals surface area (Å²) in [4.78, 5) is 21.9. The number of aliphatic hydroxyl groups is 1. The van der Waals surface area contributed by atoms with E-state index in [1.807, 2.05) is 24.3 Å². The van der Waals surface area contributed by atoms with Crippen LogP contribution in [0.5, 0.6) is 0 Å². The largest absolute Gasteiger partial charge is 0.395 e. The number of halogens is 1. The van der Waals surface area contributed by atoms with E-state index in [-0.39, 0.29) is 18.2 Å². The minimum atomic E-state index is -0.0897. The van der Waals surface area contributed by atoms with Crippen LogP contribution in [0.1, 0.15) is 32.7 Å². The average molecular weight is 387 g/mol. The summed E-state index contributed by atoms with van der Waals surface area (Å²) >= 11 is 6.41. The van der Waals surface area contributed by atoms with Crippen molar-refractivity contribution in [1.82, 2.24) is 14.5 Å². The molecule has 0 unspecified atom stereocenters. The van der Waals surface area contributed by atoms with E-state index in [0.717, 1.165) is 23.8 Å². The molecule has 2 aromatic heterocycles. The maximum absolute atomic E-state index is 12.6. The Balaban J connectivity index is 2.36. The zero-order chi connectivity index (χ0) is 19.4. The number of nitrogens with one attached hydrogen (secondary N) is 1. The molecule has 0 radical (unpaired) electrons. The number of hydrogen-bond acceptors (Lipinski definition) is 5. The Hall–Kier alpha value is -2.44. The van der Waals surface area contributed by atoms with Crippen molar-refractivity contribution in [3.05, 3.63) is 51.8 Å². The lowest BCUT2D eigenvalue weighted by molar-refractivity contribution is 0.311. The van der Waals surface area contributed by atoms with Crippen molar-refractivity contribution in [3.63, 3.8) is 0 Å². The van der Waals surface area contributed by atoms with E-state index in [0.29, 0.717) is 28.9 Å². The number of aromatic nitrogens is 3. The van der Waals surface area contributed by atoms with Crippen molar-refractivity contribution >= 4 is 28.6 Å². The predicted molar refractivity (Wildman–Crippen MR) is 109 cm³/mol. The van der Waals surface area contributed by atoms with Crippen LogP contribution in [0.25, 0.3) is 22.3 Å². The SMILES string of the molecule is CCC(CC)n1c(=O)ccc2c(-c3ccccc3Cl)nc(NCCO)nc21. The van der Waals surface area contributed by atoms with Gasteiger partial charge >= 0.3 is 0 Å². The van der Waals surface area contributed by atoms with Crippen LogP contribution in [-0.4, -0.2) is 32.8 Å². The topological polar surface area (TPSA) is 80.0 Å². The first-order valence-corrected chi connectivity index (χ1v) is 9.51. The molecule has 1 aromatic carbocycles. The predicted octanol–water partition coefficient (Wildman–Crippen LogP) is 3.88. The number of pyridine rings is 1. The Morgan fingerprint density at radius 1 is 1.15 bits per heavy atom. The third-order valence-electron chi connectivity index (χ3n) is 4.62. The lowest BCUT2D eigenvalue weighted by Crippen LogP contribution is -2.25. The van der Waals surface area contributed by atoms with E-state index >= 15 is 0 Å². The van der Waals surface area contributed by atoms with Crippen LogP contribution in [-0.2, 0) is 0 Å². The highest BCUT2D eigenvalue weighted by molar-refractivity contribution is 6.33. The summed E-state index contributed by atoms with van der Waals surface area (Å²) in [5.41, 5.74) is 1.91. The fourth-order valence-corrected chi connectivity index (χ4v) is 3.47. The maximum Gasteiger partial charge on any atom is 0.252 e. The first-order valence-electron chi connectivity index (χ1n) is 9.13. The molecule has 142 valence electrons. The number of fused-ring (bicyclic) bond motifs is 1. The van der Waals surface area contributed by atoms with E-state index in [1.54, 1.807) is 16.7 Å². The van der Waals surface area contributed by atoms with Gasteiger partial charge in [0.25, 0.3) is 5.56 Å². The quantitative estimate of drug-likeness (QED) is 0.644. The minimum absolute atomic E-state index is 0.0425. The lowest BCUT2D eigenvalue weighted by atomic mass is 10.1. The van der Waals surface area contributed by atoms with Gasteiger partial charge in [0.1, 0.15) is 5.65 Å². The van der Waals surface area contributed by atoms with Crippen LogP contribution in [0.4, 0.5) is 5.95 Å². The van der Waals surface area contributed by atoms with Gasteiger partial charge in [-0.25, -0.2) is 4.98 Å². The van der Waals surface area contributed by atoms with Crippen LogP contribution >= 0.6 is 11.6 Å². The molecule has 0 aliphatic heterocycles. The molecule has 6 nitrogen and oxygen atoms in total. The molecular formula is C20H23ClN4O2. The second kappa shape index (κ2) is 8.50. The van der Waals surface area contributed by atoms with Gasteiger partial charge in [-0.15, -0.1) is 0 Å². The molecule has 0 saturated heterocycles. The summed E-state index contributed by atoms with van der Waals surface area (Å²) in [6.45, 7) is 4.38. The summed E-state index contributed by atoms with van der Waals surface area (Å²) in [6.07, 6.45) is 1.64. The molecule has 0 atom stereocenters. The van der Waals surface area contributed by atoms with Gasteiger partial charge in [0, 0.05) is 34.6 Å². The van der Waals surface area contributed by atoms with E-state index in [4.69, 9.17) is 16.7 Å². The minimum Gasteiger partial charge on any atom is -0.395 e. The standard InChI is InChI=1S/C20H23ClN4O2/c1-3-13(4-2)25-17(27)10-9-15-18(14-7-5-6-8-16(14)21)23-20(22-11-12-26)24-19(15)25/h5-10,13,26H,3-4,11-12H2,1-2H3,(H,22,23,24). The fraction of sp³-hybridized carbons (Fsp3) is 0.350. The van der Waals surface area contributed by atoms with Crippen molar-refractivity contribution in [3.8, 4) is 11.3 Å². The van der Waals surface area contributed by atoms with Crippen molar-refractivity contribution in [2.45, 2.75) is 32.7 Å². The molecule has 3 aromatic rings. The number of rotatable bonds is 7. The van der Waals surface area contributed by atoms with E-state index in [2.05, 4.69) is 29.1 Å². The van der Waals surface area contributed by atoms with Gasteiger partial charge in [0.05, 0.1) is 12.3 Å². The molecule has 0 aliphatic rings. The Morgan fingerprint density at radius 3 is 2.56 bits per heavy atom. The van der Waals surface area contributed by atoms with Crippen molar-refractivity contribution in [1.29, 1.82) is 0 Å². The van der Waals surface area contributed by atoms with E-state index in [1.165, 1.54) is 0 Å². The van der Waals surface area contributed by atoms with Gasteiger partial charge in [-0.1, -0.05) is 43.6 Å². The Labute approximate surface area is 162 Å². The maximum atomic E-state index is 12.6. The Morgan fingerprint density at radius 2 is 1.89 bits per heavy atom. The van der Waals surface area contributed by atoms with Gasteiger partial charge in [-0.2, -0.15) is 4.98 Å². The molecule has 0 bridgehead atoms. The van der Waals surface area contributed by atoms with E-state index in [9.17, 15) is 4.79 Å². The van der Waals surface area contributed by atoms with Gasteiger partial charge in [-0.3, -0.25) is 9.36 Å². The number of anilines is 1. The van der Waals surface area contributed by atoms with Gasteiger partial charge < -0.3 is 10.4 Å². The second-order valence-corrected chi connectivity index (χ2v) is 6.68. The number of aliphatic hydroxyl groups excluding tert-OH is 1. The average Bonchev–Trinajstić information content (AvgIpc) is 2.68. The highest BCUT2D eigenvalue weighted by Crippen LogP contribution is 2.32. The molecule has 0 aliphatic carbocycles. The second-order valence-electron chi connectivity index (χ2n) is 6.28. The fourth-order valence-electron chi connectivity index (χ4n) is 3.25. The van der Waals surface area contributed by atoms with Crippen LogP contribution in [0.15, 0.2) is 41.2 Å². The molecular weight excluding hydrogens is 364 g/mol. The first kappa shape index (κ1) is 19.3. The lowest BCUT2D eigenvalue weighted by Gasteiger charge is -2.20. The zero-order valence-corrected chi connectivity index (χ0v) is 16.2. The van der Waals surface area contributed by atoms with Gasteiger partial charge in [0.2, 0.25) is 5.95 Å². The molecule has 3 rings (SSSR count). The monoisotopic (exact) mass is 386 g/mol. The van der Waals surface area contributed by atoms with Crippen molar-refractivity contribution < 1.29 is 5.11 Å². The Kier molecular flexibility index (Phi) is 6.08. The van der Waals surface area contributed by atoms with E-state index < -0.39 is 0 Å². The highest BCUT2D eigenvalue weighted by atomic mass is 35.5. The third kappa shape index (κ3) is 3.82. The molecule has 0 spiro atoms. The molecule has 27 heavy (non-hydrogen) atoms. The highest BCUT2D eigenvalue weighted by Gasteiger charge is 2.18. The summed E-state index contributed by atoms with van der Waals surface area (Å²) in [7, 11) is 0. The molecule has 0 amide bonds. The van der Waals surface area contributed by atoms with Crippen LogP contribution in [0, 0.1) is 0 Å². The Bertz CT molecular complexity index is 999. The van der Waals surface area contributed by atoms with Gasteiger partial charge in [0.15, 0.2) is 0 Å². The summed E-state index contributed by atoms with van der Waals surface area (Å²) in [6, 6.07) is 10.8. The number of nitrogens with zero attached hydrogens (tertiary/aromatic N) is 3. The van der Waals surface area contributed by atoms with Gasteiger partial charge in [-0.05, 0) is 25.0 Å². The third-order valence-corrected chi connectivity index (χ3v) is 4.94. The summed E-state index contributed by atoms with van der Waals surface area (Å²) < 4.78 is 1.74. The van der Waals surface area contributed by atoms with Crippen LogP contribution in [0.3, 0.4) is 0 Å². The molecule has 7 heteroatoms. The van der Waals surface area contributed by atoms with Crippen LogP contribution < -0.4 is 10.9 Å². The molecule has 0 saturated carbocycles. The number of benzene rings is 1. The zero-order valence-electron chi connectivity index (χ0n) is 15.4. The summed E-state index contributed by atoms with van der Waals surface area (Å²) in [5.74, 6) is 0.358. The van der Waals surface area contributed by atoms with Crippen LogP contribution in [0.2, 0.25) is 5.02 Å².